The van der Waals surface area contributed by atoms with Gasteiger partial charge in [-0.15, -0.1) is 11.3 Å². The zero-order chi connectivity index (χ0) is 24.6. The minimum absolute atomic E-state index is 0.117. The summed E-state index contributed by atoms with van der Waals surface area (Å²) in [7, 11) is -2.13. The number of piperazine rings is 1. The molecule has 2 aromatic heterocycles. The standard InChI is InChI=1S/C24H27ClN4O4S2/c1-33-22-5-4-20(14-26-22)27-8-6-17(7-9-27)15-28-10-11-29(16-23(28)30)35(31,32)24-12-18-2-3-19(25)13-21(18)34-24/h2-5,12-14,17H,6-11,15-16H2,1H3. The van der Waals surface area contributed by atoms with Gasteiger partial charge in [0.05, 0.1) is 25.5 Å². The molecule has 0 radical (unpaired) electrons. The molecule has 1 amide bonds. The third-order valence-electron chi connectivity index (χ3n) is 6.73. The molecule has 3 aromatic rings. The highest BCUT2D eigenvalue weighted by molar-refractivity contribution is 7.91. The van der Waals surface area contributed by atoms with Gasteiger partial charge in [-0.25, -0.2) is 13.4 Å². The number of carbonyl (C=O) groups is 1. The highest BCUT2D eigenvalue weighted by Crippen LogP contribution is 2.33. The van der Waals surface area contributed by atoms with Gasteiger partial charge in [-0.05, 0) is 48.4 Å². The number of halogens is 1. The quantitative estimate of drug-likeness (QED) is 0.479. The Hall–Kier alpha value is -2.40. The Morgan fingerprint density at radius 1 is 1.11 bits per heavy atom. The molecular formula is C24H27ClN4O4S2. The third kappa shape index (κ3) is 5.11. The largest absolute Gasteiger partial charge is 0.481 e. The van der Waals surface area contributed by atoms with E-state index in [2.05, 4.69) is 9.88 Å². The lowest BCUT2D eigenvalue weighted by Crippen LogP contribution is -2.53. The number of piperidine rings is 1. The van der Waals surface area contributed by atoms with Crippen molar-refractivity contribution in [3.05, 3.63) is 47.6 Å². The van der Waals surface area contributed by atoms with E-state index in [9.17, 15) is 13.2 Å². The molecule has 8 nitrogen and oxygen atoms in total. The van der Waals surface area contributed by atoms with Crippen molar-refractivity contribution in [1.29, 1.82) is 0 Å². The molecule has 2 saturated heterocycles. The van der Waals surface area contributed by atoms with E-state index >= 15 is 0 Å². The second kappa shape index (κ2) is 9.93. The number of benzene rings is 1. The molecule has 2 fully saturated rings. The molecule has 0 atom stereocenters. The Labute approximate surface area is 214 Å². The molecular weight excluding hydrogens is 508 g/mol. The Balaban J connectivity index is 1.16. The van der Waals surface area contributed by atoms with Gasteiger partial charge in [-0.1, -0.05) is 17.7 Å². The number of nitrogens with zero attached hydrogens (tertiary/aromatic N) is 4. The van der Waals surface area contributed by atoms with Gasteiger partial charge in [0.1, 0.15) is 4.21 Å². The number of hydrogen-bond acceptors (Lipinski definition) is 7. The average Bonchev–Trinajstić information content (AvgIpc) is 3.30. The molecule has 0 unspecified atom stereocenters. The first-order valence-corrected chi connectivity index (χ1v) is 14.2. The number of amides is 1. The Bertz CT molecular complexity index is 1320. The van der Waals surface area contributed by atoms with Crippen LogP contribution in [-0.4, -0.2) is 74.9 Å². The Kier molecular flexibility index (Phi) is 6.89. The number of aromatic nitrogens is 1. The third-order valence-corrected chi connectivity index (χ3v) is 10.4. The predicted octanol–water partition coefficient (Wildman–Crippen LogP) is 3.71. The SMILES string of the molecule is COc1ccc(N2CCC(CN3CCN(S(=O)(=O)c4cc5ccc(Cl)cc5s4)CC3=O)CC2)cn1. The second-order valence-electron chi connectivity index (χ2n) is 8.92. The maximum Gasteiger partial charge on any atom is 0.253 e. The van der Waals surface area contributed by atoms with Crippen LogP contribution < -0.4 is 9.64 Å². The molecule has 0 aliphatic carbocycles. The summed E-state index contributed by atoms with van der Waals surface area (Å²) in [5, 5.41) is 1.40. The molecule has 0 N–H and O–H groups in total. The minimum Gasteiger partial charge on any atom is -0.481 e. The van der Waals surface area contributed by atoms with Gasteiger partial charge >= 0.3 is 0 Å². The van der Waals surface area contributed by atoms with Crippen molar-refractivity contribution in [2.45, 2.75) is 17.1 Å². The molecule has 0 bridgehead atoms. The van der Waals surface area contributed by atoms with Gasteiger partial charge in [0.25, 0.3) is 10.0 Å². The van der Waals surface area contributed by atoms with Gasteiger partial charge in [0.2, 0.25) is 11.8 Å². The van der Waals surface area contributed by atoms with Gasteiger partial charge in [-0.3, -0.25) is 4.79 Å². The zero-order valence-corrected chi connectivity index (χ0v) is 21.8. The van der Waals surface area contributed by atoms with E-state index in [-0.39, 0.29) is 16.7 Å². The second-order valence-corrected chi connectivity index (χ2v) is 12.6. The normalized spacial score (nSPS) is 18.4. The van der Waals surface area contributed by atoms with E-state index in [1.54, 1.807) is 25.3 Å². The smallest absolute Gasteiger partial charge is 0.253 e. The highest BCUT2D eigenvalue weighted by Gasteiger charge is 2.35. The highest BCUT2D eigenvalue weighted by atomic mass is 35.5. The van der Waals surface area contributed by atoms with Crippen molar-refractivity contribution in [1.82, 2.24) is 14.2 Å². The van der Waals surface area contributed by atoms with Crippen LogP contribution in [0.15, 0.2) is 46.8 Å². The fourth-order valence-electron chi connectivity index (χ4n) is 4.69. The van der Waals surface area contributed by atoms with Crippen molar-refractivity contribution in [2.75, 3.05) is 51.3 Å². The van der Waals surface area contributed by atoms with Gasteiger partial charge in [0.15, 0.2) is 0 Å². The van der Waals surface area contributed by atoms with E-state index in [0.717, 1.165) is 41.7 Å². The van der Waals surface area contributed by atoms with E-state index < -0.39 is 10.0 Å². The van der Waals surface area contributed by atoms with Crippen LogP contribution in [0.4, 0.5) is 5.69 Å². The summed E-state index contributed by atoms with van der Waals surface area (Å²) in [6, 6.07) is 10.9. The number of thiophene rings is 1. The summed E-state index contributed by atoms with van der Waals surface area (Å²) in [6.07, 6.45) is 3.78. The number of sulfonamides is 1. The minimum atomic E-state index is -3.73. The van der Waals surface area contributed by atoms with Crippen molar-refractivity contribution < 1.29 is 17.9 Å². The Morgan fingerprint density at radius 3 is 2.60 bits per heavy atom. The molecule has 1 aromatic carbocycles. The molecule has 2 aliphatic heterocycles. The molecule has 2 aliphatic rings. The van der Waals surface area contributed by atoms with Crippen LogP contribution >= 0.6 is 22.9 Å². The van der Waals surface area contributed by atoms with Crippen molar-refractivity contribution in [3.63, 3.8) is 0 Å². The summed E-state index contributed by atoms with van der Waals surface area (Å²) in [4.78, 5) is 21.3. The lowest BCUT2D eigenvalue weighted by atomic mass is 9.95. The van der Waals surface area contributed by atoms with Crippen LogP contribution in [0.5, 0.6) is 5.88 Å². The van der Waals surface area contributed by atoms with Gasteiger partial charge in [0, 0.05) is 48.5 Å². The number of rotatable bonds is 6. The van der Waals surface area contributed by atoms with Crippen LogP contribution in [-0.2, 0) is 14.8 Å². The van der Waals surface area contributed by atoms with Gasteiger partial charge in [-0.2, -0.15) is 4.31 Å². The van der Waals surface area contributed by atoms with Gasteiger partial charge < -0.3 is 14.5 Å². The molecule has 11 heteroatoms. The number of pyridine rings is 1. The molecule has 35 heavy (non-hydrogen) atoms. The van der Waals surface area contributed by atoms with Crippen LogP contribution in [0.25, 0.3) is 10.1 Å². The van der Waals surface area contributed by atoms with Crippen LogP contribution in [0, 0.1) is 5.92 Å². The fraction of sp³-hybridized carbons (Fsp3) is 0.417. The molecule has 0 saturated carbocycles. The molecule has 0 spiro atoms. The average molecular weight is 535 g/mol. The van der Waals surface area contributed by atoms with Crippen molar-refractivity contribution >= 4 is 54.6 Å². The summed E-state index contributed by atoms with van der Waals surface area (Å²) >= 11 is 7.23. The molecule has 5 rings (SSSR count). The monoisotopic (exact) mass is 534 g/mol. The fourth-order valence-corrected chi connectivity index (χ4v) is 7.90. The van der Waals surface area contributed by atoms with Crippen LogP contribution in [0.2, 0.25) is 5.02 Å². The van der Waals surface area contributed by atoms with E-state index in [4.69, 9.17) is 16.3 Å². The topological polar surface area (TPSA) is 83.0 Å². The number of hydrogen-bond donors (Lipinski definition) is 0. The van der Waals surface area contributed by atoms with Crippen LogP contribution in [0.1, 0.15) is 12.8 Å². The number of ether oxygens (including phenoxy) is 1. The number of anilines is 1. The first kappa shape index (κ1) is 24.3. The maximum atomic E-state index is 13.2. The summed E-state index contributed by atoms with van der Waals surface area (Å²) in [5.74, 6) is 0.864. The summed E-state index contributed by atoms with van der Waals surface area (Å²) in [5.41, 5.74) is 1.07. The summed E-state index contributed by atoms with van der Waals surface area (Å²) in [6.45, 7) is 3.07. The van der Waals surface area contributed by atoms with E-state index in [0.29, 0.717) is 36.5 Å². The first-order chi connectivity index (χ1) is 16.8. The lowest BCUT2D eigenvalue weighted by Gasteiger charge is -2.38. The zero-order valence-electron chi connectivity index (χ0n) is 19.4. The van der Waals surface area contributed by atoms with Crippen molar-refractivity contribution in [2.24, 2.45) is 5.92 Å². The number of methoxy groups -OCH3 is 1. The van der Waals surface area contributed by atoms with E-state index in [1.807, 2.05) is 29.3 Å². The van der Waals surface area contributed by atoms with Crippen LogP contribution in [0.3, 0.4) is 0 Å². The Morgan fingerprint density at radius 2 is 1.91 bits per heavy atom. The summed E-state index contributed by atoms with van der Waals surface area (Å²) < 4.78 is 33.9. The maximum absolute atomic E-state index is 13.2. The molecule has 4 heterocycles. The predicted molar refractivity (Wildman–Crippen MR) is 138 cm³/mol. The number of fused-ring (bicyclic) bond motifs is 1. The lowest BCUT2D eigenvalue weighted by molar-refractivity contribution is -0.134. The first-order valence-electron chi connectivity index (χ1n) is 11.6. The molecule has 186 valence electrons. The number of carbonyl (C=O) groups excluding carboxylic acids is 1. The van der Waals surface area contributed by atoms with Crippen molar-refractivity contribution in [3.8, 4) is 5.88 Å². The van der Waals surface area contributed by atoms with E-state index in [1.165, 1.54) is 15.6 Å².